The first-order valence-electron chi connectivity index (χ1n) is 14.9. The highest BCUT2D eigenvalue weighted by Gasteiger charge is 2.26. The van der Waals surface area contributed by atoms with E-state index in [1.165, 1.54) is 28.9 Å². The third-order valence-electron chi connectivity index (χ3n) is 8.06. The maximum atomic E-state index is 15.5. The molecule has 45 heavy (non-hydrogen) atoms. The van der Waals surface area contributed by atoms with E-state index in [-0.39, 0.29) is 53.2 Å². The number of sulfone groups is 1. The molecule has 9 nitrogen and oxygen atoms in total. The zero-order valence-electron chi connectivity index (χ0n) is 25.0. The lowest BCUT2D eigenvalue weighted by Crippen LogP contribution is -2.15. The second kappa shape index (κ2) is 12.7. The number of rotatable bonds is 3. The molecule has 0 spiro atoms. The zero-order valence-corrected chi connectivity index (χ0v) is 25.8. The van der Waals surface area contributed by atoms with Gasteiger partial charge >= 0.3 is 0 Å². The number of aryl methyl sites for hydroxylation is 2. The molecule has 3 aromatic carbocycles. The van der Waals surface area contributed by atoms with E-state index in [0.29, 0.717) is 46.9 Å². The van der Waals surface area contributed by atoms with Crippen LogP contribution in [0.4, 0.5) is 8.78 Å². The normalized spacial score (nSPS) is 18.0. The summed E-state index contributed by atoms with van der Waals surface area (Å²) in [4.78, 5) is 7.65. The summed E-state index contributed by atoms with van der Waals surface area (Å²) in [6.07, 6.45) is 1.58. The number of benzene rings is 3. The molecule has 0 fully saturated rings. The molecule has 0 aliphatic carbocycles. The second-order valence-corrected chi connectivity index (χ2v) is 13.5. The number of aliphatic hydroxyl groups excluding tert-OH is 1. The van der Waals surface area contributed by atoms with E-state index in [1.54, 1.807) is 19.3 Å². The van der Waals surface area contributed by atoms with Gasteiger partial charge in [0.1, 0.15) is 17.7 Å². The summed E-state index contributed by atoms with van der Waals surface area (Å²) in [7, 11) is -1.86. The molecule has 1 aliphatic heterocycles. The number of nitrogens with one attached hydrogen (secondary N) is 1. The molecule has 236 valence electrons. The maximum Gasteiger partial charge on any atom is 0.184 e. The largest absolute Gasteiger partial charge is 0.454 e. The van der Waals surface area contributed by atoms with Gasteiger partial charge in [-0.1, -0.05) is 31.2 Å². The molecule has 4 bridgehead atoms. The van der Waals surface area contributed by atoms with Crippen molar-refractivity contribution in [3.05, 3.63) is 94.9 Å². The molecule has 0 amide bonds. The van der Waals surface area contributed by atoms with E-state index in [4.69, 9.17) is 9.47 Å². The van der Waals surface area contributed by atoms with Crippen molar-refractivity contribution in [1.29, 1.82) is 0 Å². The smallest absolute Gasteiger partial charge is 0.184 e. The van der Waals surface area contributed by atoms with E-state index in [1.807, 2.05) is 31.2 Å². The Morgan fingerprint density at radius 2 is 1.93 bits per heavy atom. The first kappa shape index (κ1) is 30.9. The summed E-state index contributed by atoms with van der Waals surface area (Å²) >= 11 is 0. The highest BCUT2D eigenvalue weighted by molar-refractivity contribution is 7.91. The van der Waals surface area contributed by atoms with Crippen LogP contribution in [0.25, 0.3) is 22.3 Å². The van der Waals surface area contributed by atoms with Crippen LogP contribution in [0.5, 0.6) is 11.5 Å². The van der Waals surface area contributed by atoms with Crippen molar-refractivity contribution >= 4 is 20.7 Å². The van der Waals surface area contributed by atoms with Gasteiger partial charge in [-0.3, -0.25) is 0 Å². The lowest BCUT2D eigenvalue weighted by Gasteiger charge is -2.18. The molecule has 2 unspecified atom stereocenters. The van der Waals surface area contributed by atoms with Crippen LogP contribution in [0.3, 0.4) is 0 Å². The second-order valence-electron chi connectivity index (χ2n) is 11.2. The Labute approximate surface area is 259 Å². The number of H-pyrrole nitrogens is 1. The van der Waals surface area contributed by atoms with E-state index >= 15 is 8.78 Å². The van der Waals surface area contributed by atoms with Crippen LogP contribution in [0.15, 0.2) is 60.8 Å². The van der Waals surface area contributed by atoms with Crippen molar-refractivity contribution in [2.24, 2.45) is 7.05 Å². The van der Waals surface area contributed by atoms with Crippen LogP contribution >= 0.6 is 0 Å². The van der Waals surface area contributed by atoms with Gasteiger partial charge in [0.05, 0.1) is 23.2 Å². The molecule has 3 heterocycles. The monoisotopic (exact) mass is 636 g/mol. The predicted molar refractivity (Wildman–Crippen MR) is 166 cm³/mol. The van der Waals surface area contributed by atoms with Crippen LogP contribution in [0, 0.1) is 11.6 Å². The number of aliphatic hydroxyl groups is 1. The highest BCUT2D eigenvalue weighted by atomic mass is 32.2. The Kier molecular flexibility index (Phi) is 8.71. The Morgan fingerprint density at radius 1 is 1.09 bits per heavy atom. The van der Waals surface area contributed by atoms with Gasteiger partial charge in [-0.25, -0.2) is 26.9 Å². The Balaban J connectivity index is 1.46. The molecule has 2 atom stereocenters. The first-order chi connectivity index (χ1) is 21.6. The van der Waals surface area contributed by atoms with Crippen molar-refractivity contribution in [2.75, 3.05) is 18.1 Å². The minimum absolute atomic E-state index is 0.0308. The predicted octanol–water partition coefficient (Wildman–Crippen LogP) is 6.33. The fourth-order valence-corrected chi connectivity index (χ4v) is 7.02. The van der Waals surface area contributed by atoms with Gasteiger partial charge in [0.15, 0.2) is 33.1 Å². The van der Waals surface area contributed by atoms with E-state index in [9.17, 15) is 13.5 Å². The number of hydrogen-bond donors (Lipinski definition) is 2. The Bertz CT molecular complexity index is 1960. The average Bonchev–Trinajstić information content (AvgIpc) is 3.65. The molecule has 1 aliphatic rings. The summed E-state index contributed by atoms with van der Waals surface area (Å²) in [6.45, 7) is 2.09. The summed E-state index contributed by atoms with van der Waals surface area (Å²) in [6, 6.07) is 14.4. The van der Waals surface area contributed by atoms with Crippen molar-refractivity contribution < 1.29 is 31.8 Å². The molecular weight excluding hydrogens is 602 g/mol. The molecule has 0 saturated heterocycles. The third-order valence-corrected chi connectivity index (χ3v) is 9.80. The van der Waals surface area contributed by atoms with Crippen molar-refractivity contribution in [2.45, 2.75) is 44.8 Å². The fraction of sp³-hybridized carbons (Fsp3) is 0.333. The summed E-state index contributed by atoms with van der Waals surface area (Å²) in [5.74, 6) is -1.01. The van der Waals surface area contributed by atoms with Gasteiger partial charge in [0, 0.05) is 42.4 Å². The fourth-order valence-electron chi connectivity index (χ4n) is 5.66. The van der Waals surface area contributed by atoms with Crippen LogP contribution in [-0.4, -0.2) is 51.4 Å². The van der Waals surface area contributed by atoms with E-state index in [2.05, 4.69) is 15.1 Å². The van der Waals surface area contributed by atoms with Crippen molar-refractivity contribution in [3.8, 4) is 22.9 Å². The lowest BCUT2D eigenvalue weighted by atomic mass is 10.0. The molecule has 12 heteroatoms. The quantitative estimate of drug-likeness (QED) is 0.237. The van der Waals surface area contributed by atoms with Crippen LogP contribution in [-0.2, 0) is 28.0 Å². The maximum absolute atomic E-state index is 15.5. The number of fused-ring (bicyclic) bond motifs is 8. The summed E-state index contributed by atoms with van der Waals surface area (Å²) < 4.78 is 70.7. The highest BCUT2D eigenvalue weighted by Crippen LogP contribution is 2.37. The number of aromatic amines is 1. The molecule has 6 rings (SSSR count). The van der Waals surface area contributed by atoms with Gasteiger partial charge in [-0.2, -0.15) is 5.10 Å². The molecule has 5 aromatic rings. The van der Waals surface area contributed by atoms with Crippen molar-refractivity contribution in [1.82, 2.24) is 19.7 Å². The topological polar surface area (TPSA) is 119 Å². The van der Waals surface area contributed by atoms with Gasteiger partial charge < -0.3 is 19.6 Å². The van der Waals surface area contributed by atoms with Crippen LogP contribution < -0.4 is 4.74 Å². The number of nitrogens with zero attached hydrogens (tertiary/aromatic N) is 3. The average molecular weight is 637 g/mol. The van der Waals surface area contributed by atoms with Crippen molar-refractivity contribution in [3.63, 3.8) is 0 Å². The molecule has 2 N–H and O–H groups in total. The number of halogens is 2. The van der Waals surface area contributed by atoms with Gasteiger partial charge in [0.2, 0.25) is 0 Å². The minimum atomic E-state index is -3.50. The third kappa shape index (κ3) is 6.49. The van der Waals surface area contributed by atoms with Crippen LogP contribution in [0.1, 0.15) is 60.9 Å². The zero-order chi connectivity index (χ0) is 31.7. The Morgan fingerprint density at radius 3 is 2.76 bits per heavy atom. The first-order valence-corrected chi connectivity index (χ1v) is 16.7. The van der Waals surface area contributed by atoms with Crippen LogP contribution in [0.2, 0.25) is 0 Å². The minimum Gasteiger partial charge on any atom is -0.454 e. The summed E-state index contributed by atoms with van der Waals surface area (Å²) in [5.41, 5.74) is 2.41. The molecule has 0 saturated carbocycles. The standard InChI is InChI=1S/C33H34F2N4O5S/c1-3-29(40)20-7-6-8-21(17-20)30-32-37-33(39(2)38-32)25-18-22(9-10-26(25)34)44-31-24(23-11-13-36-28(23)19-27(31)35)12-16-45(41,42)15-5-4-14-43-30/h6-11,13,17-19,29-30,36,40H,3-5,12,14-16H2,1-2H3. The number of aromatic nitrogens is 4. The lowest BCUT2D eigenvalue weighted by molar-refractivity contribution is 0.0719. The number of ether oxygens (including phenoxy) is 2. The van der Waals surface area contributed by atoms with Gasteiger partial charge in [0.25, 0.3) is 0 Å². The number of hydrogen-bond acceptors (Lipinski definition) is 7. The van der Waals surface area contributed by atoms with Gasteiger partial charge in [-0.05, 0) is 61.1 Å². The van der Waals surface area contributed by atoms with E-state index in [0.717, 1.165) is 0 Å². The molecule has 0 radical (unpaired) electrons. The van der Waals surface area contributed by atoms with E-state index < -0.39 is 33.7 Å². The molecule has 2 aromatic heterocycles. The Hall–Kier alpha value is -4.13. The molecular formula is C33H34F2N4O5S. The SMILES string of the molecule is CCC(O)c1cccc(C2OCCCCS(=O)(=O)CCc3c(c(F)cc4[nH]ccc34)Oc3ccc(F)c(c3)-c3nc2nn3C)c1. The summed E-state index contributed by atoms with van der Waals surface area (Å²) in [5, 5.41) is 15.7. The van der Waals surface area contributed by atoms with Gasteiger partial charge in [-0.15, -0.1) is 0 Å².